The number of primary amides is 1. The molecule has 0 bridgehead atoms. The summed E-state index contributed by atoms with van der Waals surface area (Å²) in [5, 5.41) is 10.4. The Bertz CT molecular complexity index is 1300. The predicted molar refractivity (Wildman–Crippen MR) is 120 cm³/mol. The van der Waals surface area contributed by atoms with E-state index < -0.39 is 15.7 Å². The minimum absolute atomic E-state index is 0.0545. The van der Waals surface area contributed by atoms with Gasteiger partial charge in [-0.2, -0.15) is 5.10 Å². The monoisotopic (exact) mass is 456 g/mol. The lowest BCUT2D eigenvalue weighted by atomic mass is 10.1. The van der Waals surface area contributed by atoms with Crippen molar-refractivity contribution in [3.05, 3.63) is 47.8 Å². The van der Waals surface area contributed by atoms with E-state index in [9.17, 15) is 18.0 Å². The molecule has 0 unspecified atom stereocenters. The molecule has 0 radical (unpaired) electrons. The number of pyridine rings is 1. The van der Waals surface area contributed by atoms with E-state index in [1.807, 2.05) is 19.9 Å². The maximum atomic E-state index is 12.8. The summed E-state index contributed by atoms with van der Waals surface area (Å²) in [5.41, 5.74) is 8.58. The van der Waals surface area contributed by atoms with Crippen molar-refractivity contribution >= 4 is 32.9 Å². The lowest BCUT2D eigenvalue weighted by molar-refractivity contribution is 0.0947. The zero-order valence-electron chi connectivity index (χ0n) is 17.7. The van der Waals surface area contributed by atoms with E-state index in [4.69, 9.17) is 5.73 Å². The standard InChI is InChI=1S/C21H24N6O4S/c1-12(2)26-17-6-18(19-4-3-15-5-14(20(22)28)8-25-27(15)19)23-9-16(17)21(29)24-7-13-10-32(30,31)11-13/h3-6,8-9,12-13H,7,10-11H2,1-2H3,(H2,22,28)(H,23,26)(H,24,29). The van der Waals surface area contributed by atoms with Crippen LogP contribution in [0.4, 0.5) is 5.69 Å². The molecule has 168 valence electrons. The van der Waals surface area contributed by atoms with Crippen molar-refractivity contribution in [2.75, 3.05) is 23.4 Å². The van der Waals surface area contributed by atoms with Crippen molar-refractivity contribution in [3.63, 3.8) is 0 Å². The zero-order valence-corrected chi connectivity index (χ0v) is 18.5. The molecular formula is C21H24N6O4S. The van der Waals surface area contributed by atoms with Gasteiger partial charge in [0.25, 0.3) is 5.91 Å². The van der Waals surface area contributed by atoms with Gasteiger partial charge in [-0.3, -0.25) is 14.6 Å². The summed E-state index contributed by atoms with van der Waals surface area (Å²) in [6.45, 7) is 4.22. The summed E-state index contributed by atoms with van der Waals surface area (Å²) in [5.74, 6) is -0.721. The average Bonchev–Trinajstić information content (AvgIpc) is 3.13. The van der Waals surface area contributed by atoms with Gasteiger partial charge < -0.3 is 16.4 Å². The van der Waals surface area contributed by atoms with Crippen LogP contribution in [0.15, 0.2) is 36.7 Å². The number of nitrogens with zero attached hydrogens (tertiary/aromatic N) is 3. The number of aromatic nitrogens is 3. The summed E-state index contributed by atoms with van der Waals surface area (Å²) in [6.07, 6.45) is 2.89. The van der Waals surface area contributed by atoms with Crippen LogP contribution >= 0.6 is 0 Å². The van der Waals surface area contributed by atoms with Crippen LogP contribution in [0.3, 0.4) is 0 Å². The first-order chi connectivity index (χ1) is 15.1. The first-order valence-electron chi connectivity index (χ1n) is 10.2. The molecule has 3 aromatic rings. The maximum absolute atomic E-state index is 12.8. The van der Waals surface area contributed by atoms with Gasteiger partial charge in [-0.05, 0) is 38.1 Å². The third-order valence-corrected chi connectivity index (χ3v) is 7.13. The fourth-order valence-electron chi connectivity index (χ4n) is 3.65. The van der Waals surface area contributed by atoms with Gasteiger partial charge in [-0.1, -0.05) is 0 Å². The van der Waals surface area contributed by atoms with Crippen molar-refractivity contribution in [2.24, 2.45) is 11.7 Å². The molecule has 11 heteroatoms. The maximum Gasteiger partial charge on any atom is 0.254 e. The highest BCUT2D eigenvalue weighted by atomic mass is 32.2. The third kappa shape index (κ3) is 4.42. The molecule has 4 rings (SSSR count). The quantitative estimate of drug-likeness (QED) is 0.482. The Morgan fingerprint density at radius 2 is 1.97 bits per heavy atom. The van der Waals surface area contributed by atoms with Crippen LogP contribution in [0, 0.1) is 5.92 Å². The molecule has 1 aliphatic heterocycles. The Kier molecular flexibility index (Phi) is 5.59. The molecule has 32 heavy (non-hydrogen) atoms. The Morgan fingerprint density at radius 1 is 1.22 bits per heavy atom. The van der Waals surface area contributed by atoms with Gasteiger partial charge in [0.2, 0.25) is 5.91 Å². The summed E-state index contributed by atoms with van der Waals surface area (Å²) >= 11 is 0. The van der Waals surface area contributed by atoms with Gasteiger partial charge in [0, 0.05) is 24.7 Å². The number of sulfone groups is 1. The molecule has 0 aliphatic carbocycles. The smallest absolute Gasteiger partial charge is 0.254 e. The van der Waals surface area contributed by atoms with Crippen LogP contribution in [0.1, 0.15) is 34.6 Å². The van der Waals surface area contributed by atoms with Gasteiger partial charge in [-0.15, -0.1) is 0 Å². The minimum Gasteiger partial charge on any atom is -0.382 e. The highest BCUT2D eigenvalue weighted by molar-refractivity contribution is 7.92. The van der Waals surface area contributed by atoms with E-state index in [2.05, 4.69) is 20.7 Å². The number of hydrogen-bond acceptors (Lipinski definition) is 7. The summed E-state index contributed by atoms with van der Waals surface area (Å²) in [7, 11) is -2.93. The number of carbonyl (C=O) groups is 2. The van der Waals surface area contributed by atoms with E-state index in [0.29, 0.717) is 40.3 Å². The Hall–Kier alpha value is -3.47. The number of nitrogens with two attached hydrogens (primary N) is 1. The molecular weight excluding hydrogens is 432 g/mol. The van der Waals surface area contributed by atoms with Gasteiger partial charge >= 0.3 is 0 Å². The van der Waals surface area contributed by atoms with E-state index >= 15 is 0 Å². The van der Waals surface area contributed by atoms with E-state index in [1.54, 1.807) is 22.7 Å². The van der Waals surface area contributed by atoms with Crippen molar-refractivity contribution in [1.29, 1.82) is 0 Å². The number of hydrogen-bond donors (Lipinski definition) is 3. The molecule has 10 nitrogen and oxygen atoms in total. The van der Waals surface area contributed by atoms with Gasteiger partial charge in [0.15, 0.2) is 9.84 Å². The van der Waals surface area contributed by atoms with Gasteiger partial charge in [0.1, 0.15) is 0 Å². The predicted octanol–water partition coefficient (Wildman–Crippen LogP) is 1.09. The lowest BCUT2D eigenvalue weighted by Gasteiger charge is -2.26. The van der Waals surface area contributed by atoms with Crippen LogP contribution < -0.4 is 16.4 Å². The SMILES string of the molecule is CC(C)Nc1cc(-c2ccc3cc(C(N)=O)cnn23)ncc1C(=O)NCC1CS(=O)(=O)C1. The van der Waals surface area contributed by atoms with Crippen molar-refractivity contribution in [2.45, 2.75) is 19.9 Å². The minimum atomic E-state index is -2.93. The molecule has 0 spiro atoms. The van der Waals surface area contributed by atoms with Gasteiger partial charge in [0.05, 0.1) is 51.4 Å². The number of amides is 2. The first kappa shape index (κ1) is 21.8. The number of anilines is 1. The van der Waals surface area contributed by atoms with Crippen molar-refractivity contribution in [1.82, 2.24) is 19.9 Å². The molecule has 0 saturated carbocycles. The molecule has 1 saturated heterocycles. The molecule has 2 amide bonds. The average molecular weight is 457 g/mol. The van der Waals surface area contributed by atoms with Crippen LogP contribution in [0.2, 0.25) is 0 Å². The normalized spacial score (nSPS) is 15.5. The fraction of sp³-hybridized carbons (Fsp3) is 0.333. The molecule has 0 atom stereocenters. The largest absolute Gasteiger partial charge is 0.382 e. The first-order valence-corrected chi connectivity index (χ1v) is 12.0. The van der Waals surface area contributed by atoms with Crippen LogP contribution in [-0.4, -0.2) is 58.9 Å². The van der Waals surface area contributed by atoms with E-state index in [0.717, 1.165) is 0 Å². The van der Waals surface area contributed by atoms with E-state index in [-0.39, 0.29) is 29.4 Å². The van der Waals surface area contributed by atoms with E-state index in [1.165, 1.54) is 12.4 Å². The molecule has 1 aliphatic rings. The second-order valence-corrected chi connectivity index (χ2v) is 10.4. The second kappa shape index (κ2) is 8.23. The Labute approximate surface area is 185 Å². The molecule has 0 aromatic carbocycles. The number of rotatable bonds is 7. The third-order valence-electron chi connectivity index (χ3n) is 5.17. The molecule has 4 N–H and O–H groups in total. The zero-order chi connectivity index (χ0) is 23.0. The van der Waals surface area contributed by atoms with Crippen LogP contribution in [0.5, 0.6) is 0 Å². The summed E-state index contributed by atoms with van der Waals surface area (Å²) < 4.78 is 24.3. The highest BCUT2D eigenvalue weighted by Crippen LogP contribution is 2.26. The number of carbonyl (C=O) groups excluding carboxylic acids is 2. The Morgan fingerprint density at radius 3 is 2.62 bits per heavy atom. The van der Waals surface area contributed by atoms with Crippen LogP contribution in [-0.2, 0) is 9.84 Å². The summed E-state index contributed by atoms with van der Waals surface area (Å²) in [4.78, 5) is 28.6. The topological polar surface area (TPSA) is 149 Å². The summed E-state index contributed by atoms with van der Waals surface area (Å²) in [6, 6.07) is 7.11. The van der Waals surface area contributed by atoms with Crippen molar-refractivity contribution < 1.29 is 18.0 Å². The number of fused-ring (bicyclic) bond motifs is 1. The number of nitrogens with one attached hydrogen (secondary N) is 2. The Balaban J connectivity index is 1.61. The molecule has 1 fully saturated rings. The molecule has 3 aromatic heterocycles. The van der Waals surface area contributed by atoms with Crippen molar-refractivity contribution in [3.8, 4) is 11.4 Å². The highest BCUT2D eigenvalue weighted by Gasteiger charge is 2.33. The lowest BCUT2D eigenvalue weighted by Crippen LogP contribution is -2.44. The van der Waals surface area contributed by atoms with Gasteiger partial charge in [-0.25, -0.2) is 12.9 Å². The fourth-order valence-corrected chi connectivity index (χ4v) is 5.23. The second-order valence-electron chi connectivity index (χ2n) is 8.23. The van der Waals surface area contributed by atoms with Crippen LogP contribution in [0.25, 0.3) is 16.9 Å². The molecule has 4 heterocycles.